The Labute approximate surface area is 102 Å². The molecule has 0 aromatic heterocycles. The topological polar surface area (TPSA) is 44.5 Å². The molecule has 0 aliphatic carbocycles. The summed E-state index contributed by atoms with van der Waals surface area (Å²) in [6.45, 7) is 1.98. The van der Waals surface area contributed by atoms with Crippen LogP contribution in [0, 0.1) is 11.8 Å². The number of nitrogens with two attached hydrogens (primary N) is 1. The van der Waals surface area contributed by atoms with Crippen molar-refractivity contribution in [2.45, 2.75) is 19.3 Å². The summed E-state index contributed by atoms with van der Waals surface area (Å²) in [5, 5.41) is 0. The molecule has 1 aliphatic heterocycles. The van der Waals surface area contributed by atoms with E-state index < -0.39 is 0 Å². The standard InChI is InChI=1S/C14H17NO2/c15-8-4-2-1-3-5-12-6-7-13-14(11-12)17-10-9-16-13/h6-7,11H,1-2,4,8-10,15H2. The third kappa shape index (κ3) is 3.40. The number of ether oxygens (including phenoxy) is 2. The quantitative estimate of drug-likeness (QED) is 0.638. The van der Waals surface area contributed by atoms with Crippen molar-refractivity contribution in [3.05, 3.63) is 23.8 Å². The molecule has 0 saturated heterocycles. The Morgan fingerprint density at radius 3 is 2.76 bits per heavy atom. The molecule has 3 heteroatoms. The fourth-order valence-electron chi connectivity index (χ4n) is 1.64. The molecule has 17 heavy (non-hydrogen) atoms. The highest BCUT2D eigenvalue weighted by Gasteiger charge is 2.10. The van der Waals surface area contributed by atoms with Crippen LogP contribution in [0.3, 0.4) is 0 Å². The molecule has 0 saturated carbocycles. The Bertz CT molecular complexity index is 432. The lowest BCUT2D eigenvalue weighted by Crippen LogP contribution is -2.15. The van der Waals surface area contributed by atoms with Gasteiger partial charge in [-0.3, -0.25) is 0 Å². The van der Waals surface area contributed by atoms with Gasteiger partial charge in [0.1, 0.15) is 13.2 Å². The molecule has 2 N–H and O–H groups in total. The van der Waals surface area contributed by atoms with Crippen LogP contribution in [0.15, 0.2) is 18.2 Å². The molecule has 1 aromatic carbocycles. The first kappa shape index (κ1) is 11.8. The molecule has 0 radical (unpaired) electrons. The SMILES string of the molecule is NCCCCC#Cc1ccc2c(c1)OCCO2. The minimum Gasteiger partial charge on any atom is -0.486 e. The van der Waals surface area contributed by atoms with Gasteiger partial charge in [0.2, 0.25) is 0 Å². The monoisotopic (exact) mass is 231 g/mol. The van der Waals surface area contributed by atoms with E-state index in [-0.39, 0.29) is 0 Å². The highest BCUT2D eigenvalue weighted by atomic mass is 16.6. The molecule has 0 fully saturated rings. The highest BCUT2D eigenvalue weighted by Crippen LogP contribution is 2.30. The van der Waals surface area contributed by atoms with Crippen molar-refractivity contribution in [3.63, 3.8) is 0 Å². The van der Waals surface area contributed by atoms with E-state index in [1.54, 1.807) is 0 Å². The average molecular weight is 231 g/mol. The first-order valence-corrected chi connectivity index (χ1v) is 5.99. The predicted molar refractivity (Wildman–Crippen MR) is 67.2 cm³/mol. The lowest BCUT2D eigenvalue weighted by atomic mass is 10.2. The third-order valence-electron chi connectivity index (χ3n) is 2.53. The number of unbranched alkanes of at least 4 members (excludes halogenated alkanes) is 2. The van der Waals surface area contributed by atoms with Gasteiger partial charge >= 0.3 is 0 Å². The van der Waals surface area contributed by atoms with Gasteiger partial charge in [-0.25, -0.2) is 0 Å². The van der Waals surface area contributed by atoms with Gasteiger partial charge in [-0.2, -0.15) is 0 Å². The molecule has 2 rings (SSSR count). The largest absolute Gasteiger partial charge is 0.486 e. The van der Waals surface area contributed by atoms with Crippen LogP contribution in [0.25, 0.3) is 0 Å². The lowest BCUT2D eigenvalue weighted by molar-refractivity contribution is 0.171. The van der Waals surface area contributed by atoms with Crippen molar-refractivity contribution >= 4 is 0 Å². The van der Waals surface area contributed by atoms with Crippen LogP contribution in [0.5, 0.6) is 11.5 Å². The van der Waals surface area contributed by atoms with E-state index in [9.17, 15) is 0 Å². The Morgan fingerprint density at radius 2 is 1.94 bits per heavy atom. The smallest absolute Gasteiger partial charge is 0.162 e. The minimum atomic E-state index is 0.611. The van der Waals surface area contributed by atoms with E-state index in [0.29, 0.717) is 13.2 Å². The fourth-order valence-corrected chi connectivity index (χ4v) is 1.64. The van der Waals surface area contributed by atoms with Gasteiger partial charge in [0.05, 0.1) is 0 Å². The molecule has 1 aliphatic rings. The van der Waals surface area contributed by atoms with Gasteiger partial charge in [0.25, 0.3) is 0 Å². The van der Waals surface area contributed by atoms with Crippen LogP contribution in [0.4, 0.5) is 0 Å². The van der Waals surface area contributed by atoms with Gasteiger partial charge < -0.3 is 15.2 Å². The van der Waals surface area contributed by atoms with E-state index in [0.717, 1.165) is 42.9 Å². The molecular weight excluding hydrogens is 214 g/mol. The van der Waals surface area contributed by atoms with E-state index in [1.165, 1.54) is 0 Å². The van der Waals surface area contributed by atoms with Crippen molar-refractivity contribution in [2.75, 3.05) is 19.8 Å². The Morgan fingerprint density at radius 1 is 1.12 bits per heavy atom. The zero-order valence-corrected chi connectivity index (χ0v) is 9.87. The van der Waals surface area contributed by atoms with Crippen molar-refractivity contribution < 1.29 is 9.47 Å². The number of fused-ring (bicyclic) bond motifs is 1. The van der Waals surface area contributed by atoms with Gasteiger partial charge in [0, 0.05) is 12.0 Å². The normalized spacial score (nSPS) is 12.8. The van der Waals surface area contributed by atoms with Gasteiger partial charge in [-0.15, -0.1) is 0 Å². The lowest BCUT2D eigenvalue weighted by Gasteiger charge is -2.17. The second-order valence-corrected chi connectivity index (χ2v) is 3.91. The molecule has 0 spiro atoms. The summed E-state index contributed by atoms with van der Waals surface area (Å²) in [6, 6.07) is 5.81. The third-order valence-corrected chi connectivity index (χ3v) is 2.53. The molecule has 1 heterocycles. The van der Waals surface area contributed by atoms with Crippen molar-refractivity contribution in [3.8, 4) is 23.3 Å². The molecule has 1 aromatic rings. The van der Waals surface area contributed by atoms with Gasteiger partial charge in [0.15, 0.2) is 11.5 Å². The van der Waals surface area contributed by atoms with Crippen LogP contribution in [0.1, 0.15) is 24.8 Å². The maximum Gasteiger partial charge on any atom is 0.162 e. The van der Waals surface area contributed by atoms with E-state index in [1.807, 2.05) is 18.2 Å². The first-order valence-electron chi connectivity index (χ1n) is 5.99. The summed E-state index contributed by atoms with van der Waals surface area (Å²) in [6.07, 6.45) is 3.00. The highest BCUT2D eigenvalue weighted by molar-refractivity contribution is 5.48. The van der Waals surface area contributed by atoms with Crippen LogP contribution < -0.4 is 15.2 Å². The number of benzene rings is 1. The minimum absolute atomic E-state index is 0.611. The van der Waals surface area contributed by atoms with E-state index in [2.05, 4.69) is 11.8 Å². The zero-order chi connectivity index (χ0) is 11.9. The van der Waals surface area contributed by atoms with Crippen LogP contribution in [-0.4, -0.2) is 19.8 Å². The molecule has 0 amide bonds. The predicted octanol–water partition coefficient (Wildman–Crippen LogP) is 1.94. The summed E-state index contributed by atoms with van der Waals surface area (Å²) < 4.78 is 10.9. The molecule has 0 atom stereocenters. The van der Waals surface area contributed by atoms with Crippen LogP contribution >= 0.6 is 0 Å². The Balaban J connectivity index is 1.97. The van der Waals surface area contributed by atoms with Gasteiger partial charge in [-0.05, 0) is 37.6 Å². The van der Waals surface area contributed by atoms with E-state index >= 15 is 0 Å². The van der Waals surface area contributed by atoms with Crippen molar-refractivity contribution in [1.82, 2.24) is 0 Å². The average Bonchev–Trinajstić information content (AvgIpc) is 2.38. The van der Waals surface area contributed by atoms with Crippen LogP contribution in [-0.2, 0) is 0 Å². The summed E-state index contributed by atoms with van der Waals surface area (Å²) in [7, 11) is 0. The van der Waals surface area contributed by atoms with Crippen molar-refractivity contribution in [1.29, 1.82) is 0 Å². The molecule has 0 unspecified atom stereocenters. The molecular formula is C14H17NO2. The second-order valence-electron chi connectivity index (χ2n) is 3.91. The number of hydrogen-bond donors (Lipinski definition) is 1. The summed E-state index contributed by atoms with van der Waals surface area (Å²) in [4.78, 5) is 0. The maximum absolute atomic E-state index is 5.50. The van der Waals surface area contributed by atoms with Gasteiger partial charge in [-0.1, -0.05) is 11.8 Å². The fraction of sp³-hybridized carbons (Fsp3) is 0.429. The van der Waals surface area contributed by atoms with Crippen molar-refractivity contribution in [2.24, 2.45) is 5.73 Å². The molecule has 90 valence electrons. The number of rotatable bonds is 3. The Hall–Kier alpha value is -1.66. The first-order chi connectivity index (χ1) is 8.40. The molecule has 0 bridgehead atoms. The van der Waals surface area contributed by atoms with Crippen LogP contribution in [0.2, 0.25) is 0 Å². The summed E-state index contributed by atoms with van der Waals surface area (Å²) >= 11 is 0. The maximum atomic E-state index is 5.50. The van der Waals surface area contributed by atoms with E-state index in [4.69, 9.17) is 15.2 Å². The molecule has 3 nitrogen and oxygen atoms in total. The Kier molecular flexibility index (Phi) is 4.29. The zero-order valence-electron chi connectivity index (χ0n) is 9.87. The summed E-state index contributed by atoms with van der Waals surface area (Å²) in [5.74, 6) is 7.88. The number of hydrogen-bond acceptors (Lipinski definition) is 3. The summed E-state index contributed by atoms with van der Waals surface area (Å²) in [5.41, 5.74) is 6.39. The second kappa shape index (κ2) is 6.17.